The van der Waals surface area contributed by atoms with Gasteiger partial charge in [-0.1, -0.05) is 20.8 Å². The lowest BCUT2D eigenvalue weighted by Crippen LogP contribution is -2.50. The van der Waals surface area contributed by atoms with Crippen LogP contribution in [0.5, 0.6) is 0 Å². The summed E-state index contributed by atoms with van der Waals surface area (Å²) in [4.78, 5) is 2.48. The van der Waals surface area contributed by atoms with Crippen molar-refractivity contribution in [3.8, 4) is 0 Å². The van der Waals surface area contributed by atoms with E-state index in [9.17, 15) is 5.11 Å². The summed E-state index contributed by atoms with van der Waals surface area (Å²) < 4.78 is 0. The Bertz CT molecular complexity index is 162. The Hall–Kier alpha value is -0.0800. The molecular formula is C13H29NO. The maximum atomic E-state index is 9.22. The molecule has 1 saturated heterocycles. The van der Waals surface area contributed by atoms with Crippen molar-refractivity contribution in [2.24, 2.45) is 11.8 Å². The summed E-state index contributed by atoms with van der Waals surface area (Å²) in [6.07, 6.45) is 1.22. The Kier molecular flexibility index (Phi) is 6.46. The predicted octanol–water partition coefficient (Wildman–Crippen LogP) is 2.76. The molecule has 0 radical (unpaired) electrons. The summed E-state index contributed by atoms with van der Waals surface area (Å²) in [6, 6.07) is 0. The van der Waals surface area contributed by atoms with Crippen molar-refractivity contribution in [3.63, 3.8) is 0 Å². The zero-order valence-corrected chi connectivity index (χ0v) is 11.4. The van der Waals surface area contributed by atoms with Gasteiger partial charge in [0.05, 0.1) is 0 Å². The molecule has 0 bridgehead atoms. The maximum Gasteiger partial charge on any atom is 0.0474 e. The van der Waals surface area contributed by atoms with E-state index in [1.165, 1.54) is 13.0 Å². The second-order valence-corrected chi connectivity index (χ2v) is 5.33. The van der Waals surface area contributed by atoms with Crippen LogP contribution in [0, 0.1) is 11.8 Å². The van der Waals surface area contributed by atoms with Gasteiger partial charge in [-0.05, 0) is 45.6 Å². The van der Waals surface area contributed by atoms with Crippen LogP contribution in [0.1, 0.15) is 48.0 Å². The number of aliphatic hydroxyl groups excluding tert-OH is 1. The van der Waals surface area contributed by atoms with Gasteiger partial charge >= 0.3 is 0 Å². The van der Waals surface area contributed by atoms with Crippen molar-refractivity contribution in [3.05, 3.63) is 0 Å². The Morgan fingerprint density at radius 2 is 1.80 bits per heavy atom. The smallest absolute Gasteiger partial charge is 0.0474 e. The van der Waals surface area contributed by atoms with Gasteiger partial charge in [0.15, 0.2) is 0 Å². The van der Waals surface area contributed by atoms with E-state index in [-0.39, 0.29) is 5.54 Å². The number of nitrogens with zero attached hydrogens (tertiary/aromatic N) is 1. The van der Waals surface area contributed by atoms with Gasteiger partial charge in [0.1, 0.15) is 0 Å². The molecular weight excluding hydrogens is 186 g/mol. The van der Waals surface area contributed by atoms with E-state index < -0.39 is 0 Å². The monoisotopic (exact) mass is 215 g/mol. The molecule has 0 unspecified atom stereocenters. The standard InChI is InChI=1S/C11H23NO.C2H6/c1-9-5-6-12(11(2,3)4)7-10(9)8-13;1-2/h9-10,13H,5-8H2,1-4H3;1-2H3/t9-,10-;/m0./s1. The Morgan fingerprint density at radius 3 is 2.20 bits per heavy atom. The molecule has 2 atom stereocenters. The fourth-order valence-electron chi connectivity index (χ4n) is 2.00. The number of hydrogen-bond donors (Lipinski definition) is 1. The maximum absolute atomic E-state index is 9.22. The Labute approximate surface area is 95.7 Å². The molecule has 0 aromatic rings. The van der Waals surface area contributed by atoms with Gasteiger partial charge in [-0.15, -0.1) is 0 Å². The number of aliphatic hydroxyl groups is 1. The van der Waals surface area contributed by atoms with E-state index in [2.05, 4.69) is 32.6 Å². The number of likely N-dealkylation sites (tertiary alicyclic amines) is 1. The van der Waals surface area contributed by atoms with E-state index in [1.807, 2.05) is 13.8 Å². The van der Waals surface area contributed by atoms with Crippen LogP contribution in [-0.2, 0) is 0 Å². The molecule has 1 aliphatic heterocycles. The van der Waals surface area contributed by atoms with Crippen LogP contribution in [0.2, 0.25) is 0 Å². The van der Waals surface area contributed by atoms with Crippen LogP contribution in [0.15, 0.2) is 0 Å². The van der Waals surface area contributed by atoms with Crippen molar-refractivity contribution < 1.29 is 5.11 Å². The van der Waals surface area contributed by atoms with Crippen molar-refractivity contribution >= 4 is 0 Å². The Morgan fingerprint density at radius 1 is 1.27 bits per heavy atom. The summed E-state index contributed by atoms with van der Waals surface area (Å²) in [6.45, 7) is 15.6. The van der Waals surface area contributed by atoms with Crippen LogP contribution in [-0.4, -0.2) is 35.2 Å². The first-order chi connectivity index (χ1) is 6.95. The minimum Gasteiger partial charge on any atom is -0.396 e. The lowest BCUT2D eigenvalue weighted by molar-refractivity contribution is 0.0276. The van der Waals surface area contributed by atoms with Gasteiger partial charge in [-0.25, -0.2) is 0 Å². The summed E-state index contributed by atoms with van der Waals surface area (Å²) in [5, 5.41) is 9.22. The lowest BCUT2D eigenvalue weighted by Gasteiger charge is -2.43. The minimum atomic E-state index is 0.257. The van der Waals surface area contributed by atoms with E-state index in [4.69, 9.17) is 0 Å². The zero-order chi connectivity index (χ0) is 12.1. The summed E-state index contributed by atoms with van der Waals surface area (Å²) in [5.74, 6) is 1.16. The van der Waals surface area contributed by atoms with Gasteiger partial charge in [0, 0.05) is 18.7 Å². The second-order valence-electron chi connectivity index (χ2n) is 5.33. The number of piperidine rings is 1. The van der Waals surface area contributed by atoms with Crippen LogP contribution in [0.4, 0.5) is 0 Å². The molecule has 0 aromatic carbocycles. The van der Waals surface area contributed by atoms with Crippen molar-refractivity contribution in [1.82, 2.24) is 4.90 Å². The average Bonchev–Trinajstić information content (AvgIpc) is 2.20. The quantitative estimate of drug-likeness (QED) is 0.727. The molecule has 1 rings (SSSR count). The third-order valence-electron chi connectivity index (χ3n) is 3.30. The average molecular weight is 215 g/mol. The lowest BCUT2D eigenvalue weighted by atomic mass is 9.85. The first kappa shape index (κ1) is 14.9. The zero-order valence-electron chi connectivity index (χ0n) is 11.4. The number of hydrogen-bond acceptors (Lipinski definition) is 2. The van der Waals surface area contributed by atoms with E-state index in [0.29, 0.717) is 18.4 Å². The third kappa shape index (κ3) is 4.52. The highest BCUT2D eigenvalue weighted by Gasteiger charge is 2.31. The van der Waals surface area contributed by atoms with Gasteiger partial charge in [0.2, 0.25) is 0 Å². The van der Waals surface area contributed by atoms with Gasteiger partial charge in [-0.2, -0.15) is 0 Å². The van der Waals surface area contributed by atoms with Gasteiger partial charge < -0.3 is 5.11 Å². The SMILES string of the molecule is CC.C[C@H]1CCN(C(C)(C)C)C[C@H]1CO. The number of rotatable bonds is 1. The molecule has 15 heavy (non-hydrogen) atoms. The molecule has 1 N–H and O–H groups in total. The van der Waals surface area contributed by atoms with E-state index >= 15 is 0 Å². The predicted molar refractivity (Wildman–Crippen MR) is 67.0 cm³/mol. The van der Waals surface area contributed by atoms with Crippen molar-refractivity contribution in [2.75, 3.05) is 19.7 Å². The third-order valence-corrected chi connectivity index (χ3v) is 3.30. The molecule has 0 aromatic heterocycles. The Balaban J connectivity index is 0.000000921. The first-order valence-electron chi connectivity index (χ1n) is 6.31. The fourth-order valence-corrected chi connectivity index (χ4v) is 2.00. The van der Waals surface area contributed by atoms with Crippen LogP contribution < -0.4 is 0 Å². The fraction of sp³-hybridized carbons (Fsp3) is 1.00. The van der Waals surface area contributed by atoms with E-state index in [0.717, 1.165) is 6.54 Å². The highest BCUT2D eigenvalue weighted by atomic mass is 16.3. The molecule has 1 fully saturated rings. The van der Waals surface area contributed by atoms with Crippen LogP contribution in [0.3, 0.4) is 0 Å². The molecule has 92 valence electrons. The molecule has 0 saturated carbocycles. The first-order valence-corrected chi connectivity index (χ1v) is 6.31. The van der Waals surface area contributed by atoms with E-state index in [1.54, 1.807) is 0 Å². The topological polar surface area (TPSA) is 23.5 Å². The summed E-state index contributed by atoms with van der Waals surface area (Å²) in [7, 11) is 0. The minimum absolute atomic E-state index is 0.257. The molecule has 0 amide bonds. The second kappa shape index (κ2) is 6.49. The molecule has 2 nitrogen and oxygen atoms in total. The molecule has 1 heterocycles. The largest absolute Gasteiger partial charge is 0.396 e. The summed E-state index contributed by atoms with van der Waals surface area (Å²) >= 11 is 0. The van der Waals surface area contributed by atoms with Crippen LogP contribution >= 0.6 is 0 Å². The molecule has 1 aliphatic rings. The molecule has 0 aliphatic carbocycles. The van der Waals surface area contributed by atoms with Crippen molar-refractivity contribution in [1.29, 1.82) is 0 Å². The van der Waals surface area contributed by atoms with Gasteiger partial charge in [0.25, 0.3) is 0 Å². The van der Waals surface area contributed by atoms with Crippen LogP contribution in [0.25, 0.3) is 0 Å². The normalized spacial score (nSPS) is 28.2. The highest BCUT2D eigenvalue weighted by Crippen LogP contribution is 2.27. The van der Waals surface area contributed by atoms with Gasteiger partial charge in [-0.3, -0.25) is 4.90 Å². The molecule has 2 heteroatoms. The summed E-state index contributed by atoms with van der Waals surface area (Å²) in [5.41, 5.74) is 0.257. The van der Waals surface area contributed by atoms with Crippen molar-refractivity contribution in [2.45, 2.75) is 53.5 Å². The highest BCUT2D eigenvalue weighted by molar-refractivity contribution is 4.84. The molecule has 0 spiro atoms.